The Morgan fingerprint density at radius 3 is 2.50 bits per heavy atom. The molecule has 1 amide bonds. The number of carbonyl (C=O) groups excluding carboxylic acids is 1. The van der Waals surface area contributed by atoms with Gasteiger partial charge < -0.3 is 4.74 Å². The number of rotatable bonds is 6. The van der Waals surface area contributed by atoms with Crippen molar-refractivity contribution in [3.8, 4) is 5.75 Å². The number of halogens is 1. The van der Waals surface area contributed by atoms with Gasteiger partial charge in [-0.2, -0.15) is 5.10 Å². The summed E-state index contributed by atoms with van der Waals surface area (Å²) in [5.41, 5.74) is 4.89. The molecule has 4 rings (SSSR count). The summed E-state index contributed by atoms with van der Waals surface area (Å²) in [6, 6.07) is 28.6. The van der Waals surface area contributed by atoms with E-state index in [1.807, 2.05) is 42.5 Å². The number of amides is 1. The minimum Gasteiger partial charge on any atom is -0.488 e. The standard InChI is InChI=1S/C25H19ClN2O2/c26-22-14-12-19(13-15-22)25(29)28-27-16-20-7-2-4-11-24(20)30-17-21-9-5-8-18-6-1-3-10-23(18)21/h1-16H,17H2,(H,28,29)/b27-16-. The lowest BCUT2D eigenvalue weighted by atomic mass is 10.1. The lowest BCUT2D eigenvalue weighted by molar-refractivity contribution is 0.0955. The van der Waals surface area contributed by atoms with E-state index in [0.717, 1.165) is 11.1 Å². The second kappa shape index (κ2) is 9.25. The zero-order valence-electron chi connectivity index (χ0n) is 16.1. The molecule has 0 radical (unpaired) electrons. The van der Waals surface area contributed by atoms with Gasteiger partial charge in [0.05, 0.1) is 6.21 Å². The van der Waals surface area contributed by atoms with Crippen LogP contribution < -0.4 is 10.2 Å². The molecule has 0 bridgehead atoms. The quantitative estimate of drug-likeness (QED) is 0.318. The summed E-state index contributed by atoms with van der Waals surface area (Å²) in [6.45, 7) is 0.434. The average molecular weight is 415 g/mol. The van der Waals surface area contributed by atoms with E-state index in [9.17, 15) is 4.79 Å². The van der Waals surface area contributed by atoms with Crippen LogP contribution in [0.5, 0.6) is 5.75 Å². The first kappa shape index (κ1) is 19.7. The molecule has 0 aliphatic rings. The van der Waals surface area contributed by atoms with Gasteiger partial charge in [-0.15, -0.1) is 0 Å². The third kappa shape index (κ3) is 4.67. The molecule has 0 spiro atoms. The van der Waals surface area contributed by atoms with E-state index < -0.39 is 0 Å². The number of para-hydroxylation sites is 1. The predicted molar refractivity (Wildman–Crippen MR) is 121 cm³/mol. The Hall–Kier alpha value is -3.63. The van der Waals surface area contributed by atoms with E-state index in [4.69, 9.17) is 16.3 Å². The minimum atomic E-state index is -0.308. The van der Waals surface area contributed by atoms with Crippen LogP contribution in [0.1, 0.15) is 21.5 Å². The fraction of sp³-hybridized carbons (Fsp3) is 0.0400. The van der Waals surface area contributed by atoms with Crippen molar-refractivity contribution in [1.29, 1.82) is 0 Å². The molecule has 0 heterocycles. The topological polar surface area (TPSA) is 50.7 Å². The van der Waals surface area contributed by atoms with Crippen LogP contribution in [-0.4, -0.2) is 12.1 Å². The van der Waals surface area contributed by atoms with E-state index in [-0.39, 0.29) is 5.91 Å². The second-order valence-electron chi connectivity index (χ2n) is 6.67. The fourth-order valence-corrected chi connectivity index (χ4v) is 3.24. The molecule has 5 heteroatoms. The predicted octanol–water partition coefficient (Wildman–Crippen LogP) is 5.84. The zero-order valence-corrected chi connectivity index (χ0v) is 16.8. The Kier molecular flexibility index (Phi) is 6.06. The van der Waals surface area contributed by atoms with Gasteiger partial charge in [0.25, 0.3) is 5.91 Å². The molecule has 0 aliphatic carbocycles. The van der Waals surface area contributed by atoms with Crippen LogP contribution >= 0.6 is 11.6 Å². The summed E-state index contributed by atoms with van der Waals surface area (Å²) in [7, 11) is 0. The van der Waals surface area contributed by atoms with Gasteiger partial charge in [0.15, 0.2) is 0 Å². The Morgan fingerprint density at radius 2 is 1.63 bits per heavy atom. The van der Waals surface area contributed by atoms with Crippen LogP contribution in [0.25, 0.3) is 10.8 Å². The van der Waals surface area contributed by atoms with Crippen molar-refractivity contribution in [2.24, 2.45) is 5.10 Å². The van der Waals surface area contributed by atoms with Crippen LogP contribution in [0.2, 0.25) is 5.02 Å². The van der Waals surface area contributed by atoms with Gasteiger partial charge in [-0.1, -0.05) is 66.2 Å². The average Bonchev–Trinajstić information content (AvgIpc) is 2.79. The van der Waals surface area contributed by atoms with Crippen molar-refractivity contribution >= 4 is 34.5 Å². The number of nitrogens with one attached hydrogen (secondary N) is 1. The number of hydrogen-bond acceptors (Lipinski definition) is 3. The van der Waals surface area contributed by atoms with Gasteiger partial charge >= 0.3 is 0 Å². The normalized spacial score (nSPS) is 11.0. The number of benzene rings is 4. The van der Waals surface area contributed by atoms with Crippen LogP contribution in [0.4, 0.5) is 0 Å². The number of fused-ring (bicyclic) bond motifs is 1. The maximum Gasteiger partial charge on any atom is 0.271 e. The molecule has 4 aromatic rings. The zero-order chi connectivity index (χ0) is 20.8. The van der Waals surface area contributed by atoms with Crippen molar-refractivity contribution in [3.63, 3.8) is 0 Å². The van der Waals surface area contributed by atoms with Gasteiger partial charge in [-0.05, 0) is 52.7 Å². The number of nitrogens with zero attached hydrogens (tertiary/aromatic N) is 1. The molecule has 0 aromatic heterocycles. The van der Waals surface area contributed by atoms with Crippen molar-refractivity contribution in [2.45, 2.75) is 6.61 Å². The van der Waals surface area contributed by atoms with Crippen LogP contribution in [0.15, 0.2) is 96.1 Å². The molecule has 0 atom stereocenters. The first-order valence-corrected chi connectivity index (χ1v) is 9.86. The molecule has 0 saturated carbocycles. The number of carbonyl (C=O) groups is 1. The maximum absolute atomic E-state index is 12.2. The Morgan fingerprint density at radius 1 is 0.900 bits per heavy atom. The molecule has 0 fully saturated rings. The minimum absolute atomic E-state index is 0.308. The highest BCUT2D eigenvalue weighted by Crippen LogP contribution is 2.22. The Labute approximate surface area is 179 Å². The Bertz CT molecular complexity index is 1200. The molecule has 148 valence electrons. The van der Waals surface area contributed by atoms with Crippen molar-refractivity contribution < 1.29 is 9.53 Å². The summed E-state index contributed by atoms with van der Waals surface area (Å²) in [5, 5.41) is 6.99. The highest BCUT2D eigenvalue weighted by molar-refractivity contribution is 6.30. The fourth-order valence-electron chi connectivity index (χ4n) is 3.12. The van der Waals surface area contributed by atoms with Gasteiger partial charge in [0, 0.05) is 16.1 Å². The monoisotopic (exact) mass is 414 g/mol. The molecular weight excluding hydrogens is 396 g/mol. The SMILES string of the molecule is O=C(N/N=C\c1ccccc1OCc1cccc2ccccc12)c1ccc(Cl)cc1. The first-order valence-electron chi connectivity index (χ1n) is 9.48. The van der Waals surface area contributed by atoms with Gasteiger partial charge in [-0.3, -0.25) is 4.79 Å². The van der Waals surface area contributed by atoms with E-state index in [1.54, 1.807) is 30.5 Å². The second-order valence-corrected chi connectivity index (χ2v) is 7.11. The van der Waals surface area contributed by atoms with E-state index in [0.29, 0.717) is 22.9 Å². The van der Waals surface area contributed by atoms with E-state index in [1.165, 1.54) is 10.8 Å². The summed E-state index contributed by atoms with van der Waals surface area (Å²) in [6.07, 6.45) is 1.58. The molecule has 0 aliphatic heterocycles. The largest absolute Gasteiger partial charge is 0.488 e. The molecule has 0 saturated heterocycles. The van der Waals surface area contributed by atoms with Gasteiger partial charge in [0.2, 0.25) is 0 Å². The van der Waals surface area contributed by atoms with Gasteiger partial charge in [-0.25, -0.2) is 5.43 Å². The lowest BCUT2D eigenvalue weighted by Crippen LogP contribution is -2.17. The first-order chi connectivity index (χ1) is 14.7. The maximum atomic E-state index is 12.2. The summed E-state index contributed by atoms with van der Waals surface area (Å²) in [5.74, 6) is 0.381. The van der Waals surface area contributed by atoms with E-state index >= 15 is 0 Å². The van der Waals surface area contributed by atoms with Gasteiger partial charge in [0.1, 0.15) is 12.4 Å². The van der Waals surface area contributed by atoms with Crippen molar-refractivity contribution in [1.82, 2.24) is 5.43 Å². The molecule has 4 nitrogen and oxygen atoms in total. The summed E-state index contributed by atoms with van der Waals surface area (Å²) < 4.78 is 6.07. The summed E-state index contributed by atoms with van der Waals surface area (Å²) >= 11 is 5.85. The highest BCUT2D eigenvalue weighted by Gasteiger charge is 2.06. The molecule has 4 aromatic carbocycles. The summed E-state index contributed by atoms with van der Waals surface area (Å²) in [4.78, 5) is 12.2. The van der Waals surface area contributed by atoms with Crippen molar-refractivity contribution in [2.75, 3.05) is 0 Å². The number of ether oxygens (including phenoxy) is 1. The smallest absolute Gasteiger partial charge is 0.271 e. The highest BCUT2D eigenvalue weighted by atomic mass is 35.5. The van der Waals surface area contributed by atoms with E-state index in [2.05, 4.69) is 34.8 Å². The molecular formula is C25H19ClN2O2. The molecule has 30 heavy (non-hydrogen) atoms. The number of hydrogen-bond donors (Lipinski definition) is 1. The van der Waals surface area contributed by atoms with Crippen LogP contribution in [0.3, 0.4) is 0 Å². The van der Waals surface area contributed by atoms with Crippen LogP contribution in [0, 0.1) is 0 Å². The van der Waals surface area contributed by atoms with Crippen molar-refractivity contribution in [3.05, 3.63) is 113 Å². The number of hydrazone groups is 1. The Balaban J connectivity index is 1.45. The third-order valence-electron chi connectivity index (χ3n) is 4.66. The molecule has 0 unspecified atom stereocenters. The molecule has 1 N–H and O–H groups in total. The lowest BCUT2D eigenvalue weighted by Gasteiger charge is -2.11. The third-order valence-corrected chi connectivity index (χ3v) is 4.91. The van der Waals surface area contributed by atoms with Crippen LogP contribution in [-0.2, 0) is 6.61 Å².